The standard InChI is InChI=1S/C18H19N5O3/c1-12-9-16(23-26-12)22-18-20-10-14(11-21-18)17(24)19-8-7-13-5-3-4-6-15(13)25-2/h3-6,9-11H,7-8H2,1-2H3,(H,19,24)(H,20,21,22,23). The summed E-state index contributed by atoms with van der Waals surface area (Å²) in [4.78, 5) is 20.4. The maximum atomic E-state index is 12.2. The molecule has 134 valence electrons. The number of anilines is 2. The summed E-state index contributed by atoms with van der Waals surface area (Å²) in [5, 5.41) is 9.54. The molecule has 0 fully saturated rings. The van der Waals surface area contributed by atoms with Gasteiger partial charge in [0.05, 0.1) is 12.7 Å². The zero-order valence-corrected chi connectivity index (χ0v) is 14.5. The maximum absolute atomic E-state index is 12.2. The van der Waals surface area contributed by atoms with Crippen LogP contribution in [0.3, 0.4) is 0 Å². The number of nitrogens with one attached hydrogen (secondary N) is 2. The van der Waals surface area contributed by atoms with Crippen molar-refractivity contribution in [1.82, 2.24) is 20.4 Å². The highest BCUT2D eigenvalue weighted by Gasteiger charge is 2.09. The first-order chi connectivity index (χ1) is 12.7. The molecule has 2 N–H and O–H groups in total. The number of aromatic nitrogens is 3. The van der Waals surface area contributed by atoms with Crippen molar-refractivity contribution in [2.45, 2.75) is 13.3 Å². The van der Waals surface area contributed by atoms with Crippen LogP contribution in [0.25, 0.3) is 0 Å². The Bertz CT molecular complexity index is 877. The van der Waals surface area contributed by atoms with E-state index in [1.165, 1.54) is 12.4 Å². The van der Waals surface area contributed by atoms with Crippen LogP contribution in [0.1, 0.15) is 21.7 Å². The molecule has 0 spiro atoms. The number of aryl methyl sites for hydroxylation is 1. The molecule has 26 heavy (non-hydrogen) atoms. The lowest BCUT2D eigenvalue weighted by Gasteiger charge is -2.09. The minimum atomic E-state index is -0.233. The zero-order chi connectivity index (χ0) is 18.4. The van der Waals surface area contributed by atoms with Crippen molar-refractivity contribution in [3.8, 4) is 5.75 Å². The third-order valence-corrected chi connectivity index (χ3v) is 3.65. The molecule has 8 heteroatoms. The molecular formula is C18H19N5O3. The number of hydrogen-bond donors (Lipinski definition) is 2. The molecule has 8 nitrogen and oxygen atoms in total. The molecule has 3 aromatic rings. The SMILES string of the molecule is COc1ccccc1CCNC(=O)c1cnc(Nc2cc(C)on2)nc1. The molecule has 3 rings (SSSR count). The molecule has 0 aliphatic heterocycles. The molecule has 0 bridgehead atoms. The van der Waals surface area contributed by atoms with Crippen LogP contribution in [0.5, 0.6) is 5.75 Å². The Morgan fingerprint density at radius 3 is 2.69 bits per heavy atom. The molecule has 0 saturated heterocycles. The van der Waals surface area contributed by atoms with Gasteiger partial charge in [0.15, 0.2) is 5.82 Å². The van der Waals surface area contributed by atoms with Crippen LogP contribution in [-0.2, 0) is 6.42 Å². The largest absolute Gasteiger partial charge is 0.496 e. The predicted molar refractivity (Wildman–Crippen MR) is 95.6 cm³/mol. The van der Waals surface area contributed by atoms with Crippen molar-refractivity contribution in [2.24, 2.45) is 0 Å². The predicted octanol–water partition coefficient (Wildman–Crippen LogP) is 2.50. The van der Waals surface area contributed by atoms with E-state index in [0.29, 0.717) is 36.1 Å². The van der Waals surface area contributed by atoms with Crippen LogP contribution >= 0.6 is 0 Å². The molecule has 0 aliphatic carbocycles. The fraction of sp³-hybridized carbons (Fsp3) is 0.222. The molecule has 2 aromatic heterocycles. The van der Waals surface area contributed by atoms with E-state index in [1.807, 2.05) is 24.3 Å². The number of carbonyl (C=O) groups is 1. The molecule has 2 heterocycles. The summed E-state index contributed by atoms with van der Waals surface area (Å²) in [5.41, 5.74) is 1.42. The summed E-state index contributed by atoms with van der Waals surface area (Å²) >= 11 is 0. The number of rotatable bonds is 7. The smallest absolute Gasteiger partial charge is 0.254 e. The number of methoxy groups -OCH3 is 1. The van der Waals surface area contributed by atoms with Crippen LogP contribution in [0.4, 0.5) is 11.8 Å². The number of carbonyl (C=O) groups excluding carboxylic acids is 1. The van der Waals surface area contributed by atoms with Crippen LogP contribution in [0.15, 0.2) is 47.2 Å². The zero-order valence-electron chi connectivity index (χ0n) is 14.5. The number of amides is 1. The molecule has 1 aromatic carbocycles. The van der Waals surface area contributed by atoms with E-state index in [-0.39, 0.29) is 5.91 Å². The Labute approximate surface area is 150 Å². The van der Waals surface area contributed by atoms with E-state index < -0.39 is 0 Å². The van der Waals surface area contributed by atoms with E-state index in [2.05, 4.69) is 25.8 Å². The third-order valence-electron chi connectivity index (χ3n) is 3.65. The van der Waals surface area contributed by atoms with Crippen LogP contribution in [0.2, 0.25) is 0 Å². The summed E-state index contributed by atoms with van der Waals surface area (Å²) in [7, 11) is 1.63. The van der Waals surface area contributed by atoms with Crippen molar-refractivity contribution in [2.75, 3.05) is 19.0 Å². The molecule has 0 unspecified atom stereocenters. The Morgan fingerprint density at radius 1 is 1.23 bits per heavy atom. The Hall–Kier alpha value is -3.42. The highest BCUT2D eigenvalue weighted by Crippen LogP contribution is 2.17. The van der Waals surface area contributed by atoms with E-state index >= 15 is 0 Å². The maximum Gasteiger partial charge on any atom is 0.254 e. The van der Waals surface area contributed by atoms with Gasteiger partial charge in [-0.3, -0.25) is 4.79 Å². The second kappa shape index (κ2) is 8.11. The van der Waals surface area contributed by atoms with E-state index in [9.17, 15) is 4.79 Å². The number of benzene rings is 1. The van der Waals surface area contributed by atoms with Gasteiger partial charge < -0.3 is 19.9 Å². The van der Waals surface area contributed by atoms with Gasteiger partial charge in [-0.05, 0) is 25.0 Å². The molecule has 0 atom stereocenters. The second-order valence-electron chi connectivity index (χ2n) is 5.56. The van der Waals surface area contributed by atoms with E-state index in [0.717, 1.165) is 11.3 Å². The summed E-state index contributed by atoms with van der Waals surface area (Å²) < 4.78 is 10.3. The van der Waals surface area contributed by atoms with E-state index in [4.69, 9.17) is 9.26 Å². The van der Waals surface area contributed by atoms with Crippen molar-refractivity contribution < 1.29 is 14.1 Å². The van der Waals surface area contributed by atoms with Crippen molar-refractivity contribution >= 4 is 17.7 Å². The number of nitrogens with zero attached hydrogens (tertiary/aromatic N) is 3. The minimum Gasteiger partial charge on any atom is -0.496 e. The van der Waals surface area contributed by atoms with Crippen molar-refractivity contribution in [1.29, 1.82) is 0 Å². The Kier molecular flexibility index (Phi) is 5.43. The third kappa shape index (κ3) is 4.35. The van der Waals surface area contributed by atoms with E-state index in [1.54, 1.807) is 20.1 Å². The minimum absolute atomic E-state index is 0.233. The lowest BCUT2D eigenvalue weighted by molar-refractivity contribution is 0.0953. The fourth-order valence-electron chi connectivity index (χ4n) is 2.37. The molecule has 0 saturated carbocycles. The highest BCUT2D eigenvalue weighted by molar-refractivity contribution is 5.93. The number of hydrogen-bond acceptors (Lipinski definition) is 7. The van der Waals surface area contributed by atoms with Crippen LogP contribution in [0, 0.1) is 6.92 Å². The summed E-state index contributed by atoms with van der Waals surface area (Å²) in [5.74, 6) is 2.10. The van der Waals surface area contributed by atoms with Crippen LogP contribution in [-0.4, -0.2) is 34.7 Å². The van der Waals surface area contributed by atoms with Gasteiger partial charge in [-0.15, -0.1) is 0 Å². The molecule has 0 aliphatic rings. The van der Waals surface area contributed by atoms with Gasteiger partial charge in [0.1, 0.15) is 11.5 Å². The first kappa shape index (κ1) is 17.4. The van der Waals surface area contributed by atoms with Gasteiger partial charge in [0, 0.05) is 25.0 Å². The average Bonchev–Trinajstić information content (AvgIpc) is 3.07. The normalized spacial score (nSPS) is 10.4. The first-order valence-electron chi connectivity index (χ1n) is 8.08. The lowest BCUT2D eigenvalue weighted by atomic mass is 10.1. The molecular weight excluding hydrogens is 334 g/mol. The van der Waals surface area contributed by atoms with Gasteiger partial charge in [-0.25, -0.2) is 9.97 Å². The summed E-state index contributed by atoms with van der Waals surface area (Å²) in [6, 6.07) is 9.44. The molecule has 1 amide bonds. The topological polar surface area (TPSA) is 102 Å². The van der Waals surface area contributed by atoms with Gasteiger partial charge in [0.25, 0.3) is 5.91 Å². The first-order valence-corrected chi connectivity index (χ1v) is 8.08. The van der Waals surface area contributed by atoms with Crippen molar-refractivity contribution in [3.05, 3.63) is 59.6 Å². The lowest BCUT2D eigenvalue weighted by Crippen LogP contribution is -2.26. The monoisotopic (exact) mass is 353 g/mol. The van der Waals surface area contributed by atoms with Crippen LogP contribution < -0.4 is 15.4 Å². The number of para-hydroxylation sites is 1. The Balaban J connectivity index is 1.53. The molecule has 0 radical (unpaired) electrons. The van der Waals surface area contributed by atoms with Gasteiger partial charge in [0.2, 0.25) is 5.95 Å². The Morgan fingerprint density at radius 2 is 2.00 bits per heavy atom. The second-order valence-corrected chi connectivity index (χ2v) is 5.56. The summed E-state index contributed by atoms with van der Waals surface area (Å²) in [6.07, 6.45) is 3.59. The summed E-state index contributed by atoms with van der Waals surface area (Å²) in [6.45, 7) is 2.27. The average molecular weight is 353 g/mol. The fourth-order valence-corrected chi connectivity index (χ4v) is 2.37. The van der Waals surface area contributed by atoms with Gasteiger partial charge in [-0.1, -0.05) is 23.4 Å². The highest BCUT2D eigenvalue weighted by atomic mass is 16.5. The van der Waals surface area contributed by atoms with Gasteiger partial charge >= 0.3 is 0 Å². The van der Waals surface area contributed by atoms with Crippen molar-refractivity contribution in [3.63, 3.8) is 0 Å². The van der Waals surface area contributed by atoms with Gasteiger partial charge in [-0.2, -0.15) is 0 Å². The number of ether oxygens (including phenoxy) is 1. The quantitative estimate of drug-likeness (QED) is 0.673.